The molecule has 2 fully saturated rings. The molecule has 1 saturated heterocycles. The number of aliphatic hydroxyl groups is 1. The minimum Gasteiger partial charge on any atom is -0.394 e. The van der Waals surface area contributed by atoms with Gasteiger partial charge in [-0.2, -0.15) is 0 Å². The fourth-order valence-electron chi connectivity index (χ4n) is 2.44. The van der Waals surface area contributed by atoms with E-state index in [0.717, 1.165) is 22.8 Å². The van der Waals surface area contributed by atoms with Crippen molar-refractivity contribution >= 4 is 21.7 Å². The number of anilines is 1. The Morgan fingerprint density at radius 3 is 2.89 bits per heavy atom. The first-order chi connectivity index (χ1) is 9.15. The summed E-state index contributed by atoms with van der Waals surface area (Å²) < 4.78 is 6.49. The highest BCUT2D eigenvalue weighted by atomic mass is 79.9. The SMILES string of the molecule is CC1CN(c2cc(Br)nc(C3CC3)n2)CC(CO)O1. The Kier molecular flexibility index (Phi) is 3.73. The predicted octanol–water partition coefficient (Wildman–Crippen LogP) is 1.70. The van der Waals surface area contributed by atoms with Crippen LogP contribution in [0.15, 0.2) is 10.7 Å². The second-order valence-electron chi connectivity index (χ2n) is 5.34. The summed E-state index contributed by atoms with van der Waals surface area (Å²) in [6, 6.07) is 1.94. The van der Waals surface area contributed by atoms with E-state index in [0.29, 0.717) is 12.5 Å². The highest BCUT2D eigenvalue weighted by molar-refractivity contribution is 9.10. The Bertz CT molecular complexity index is 467. The van der Waals surface area contributed by atoms with Gasteiger partial charge in [-0.25, -0.2) is 9.97 Å². The Balaban J connectivity index is 1.83. The zero-order valence-corrected chi connectivity index (χ0v) is 12.5. The number of aliphatic hydroxyl groups excluding tert-OH is 1. The van der Waals surface area contributed by atoms with Crippen LogP contribution in [-0.2, 0) is 4.74 Å². The molecular weight excluding hydrogens is 310 g/mol. The molecule has 0 aromatic carbocycles. The van der Waals surface area contributed by atoms with E-state index in [-0.39, 0.29) is 18.8 Å². The van der Waals surface area contributed by atoms with Crippen LogP contribution in [0.5, 0.6) is 0 Å². The molecule has 5 nitrogen and oxygen atoms in total. The van der Waals surface area contributed by atoms with E-state index in [1.807, 2.05) is 13.0 Å². The van der Waals surface area contributed by atoms with Crippen molar-refractivity contribution in [2.75, 3.05) is 24.6 Å². The molecule has 2 atom stereocenters. The van der Waals surface area contributed by atoms with Gasteiger partial charge in [0.2, 0.25) is 0 Å². The maximum atomic E-state index is 9.29. The summed E-state index contributed by atoms with van der Waals surface area (Å²) in [5.41, 5.74) is 0. The van der Waals surface area contributed by atoms with Crippen LogP contribution in [-0.4, -0.2) is 47.0 Å². The van der Waals surface area contributed by atoms with Crippen LogP contribution in [0, 0.1) is 0 Å². The van der Waals surface area contributed by atoms with Crippen LogP contribution in [0.4, 0.5) is 5.82 Å². The van der Waals surface area contributed by atoms with E-state index < -0.39 is 0 Å². The fraction of sp³-hybridized carbons (Fsp3) is 0.692. The van der Waals surface area contributed by atoms with Crippen molar-refractivity contribution in [3.8, 4) is 0 Å². The van der Waals surface area contributed by atoms with Crippen molar-refractivity contribution in [3.05, 3.63) is 16.5 Å². The molecule has 1 aromatic rings. The highest BCUT2D eigenvalue weighted by Gasteiger charge is 2.30. The van der Waals surface area contributed by atoms with Crippen molar-refractivity contribution in [2.24, 2.45) is 0 Å². The lowest BCUT2D eigenvalue weighted by atomic mass is 10.2. The zero-order valence-electron chi connectivity index (χ0n) is 10.9. The zero-order chi connectivity index (χ0) is 13.4. The van der Waals surface area contributed by atoms with Crippen LogP contribution in [0.1, 0.15) is 31.5 Å². The smallest absolute Gasteiger partial charge is 0.135 e. The Morgan fingerprint density at radius 1 is 1.42 bits per heavy atom. The van der Waals surface area contributed by atoms with E-state index in [9.17, 15) is 5.11 Å². The molecule has 1 N–H and O–H groups in total. The maximum Gasteiger partial charge on any atom is 0.135 e. The van der Waals surface area contributed by atoms with Gasteiger partial charge < -0.3 is 14.7 Å². The van der Waals surface area contributed by atoms with E-state index in [2.05, 4.69) is 30.8 Å². The van der Waals surface area contributed by atoms with Gasteiger partial charge in [0.05, 0.1) is 18.8 Å². The van der Waals surface area contributed by atoms with Gasteiger partial charge in [0.15, 0.2) is 0 Å². The molecule has 2 aliphatic rings. The topological polar surface area (TPSA) is 58.5 Å². The summed E-state index contributed by atoms with van der Waals surface area (Å²) in [5.74, 6) is 2.39. The summed E-state index contributed by atoms with van der Waals surface area (Å²) in [7, 11) is 0. The lowest BCUT2D eigenvalue weighted by Gasteiger charge is -2.36. The minimum absolute atomic E-state index is 0.0442. The molecule has 19 heavy (non-hydrogen) atoms. The number of morpholine rings is 1. The summed E-state index contributed by atoms with van der Waals surface area (Å²) in [4.78, 5) is 11.3. The van der Waals surface area contributed by atoms with E-state index >= 15 is 0 Å². The number of rotatable bonds is 3. The first-order valence-corrected chi connectivity index (χ1v) is 7.50. The van der Waals surface area contributed by atoms with Crippen LogP contribution < -0.4 is 4.90 Å². The van der Waals surface area contributed by atoms with Crippen molar-refractivity contribution in [1.29, 1.82) is 0 Å². The number of ether oxygens (including phenoxy) is 1. The predicted molar refractivity (Wildman–Crippen MR) is 75.3 cm³/mol. The summed E-state index contributed by atoms with van der Waals surface area (Å²) in [6.45, 7) is 3.54. The fourth-order valence-corrected chi connectivity index (χ4v) is 2.83. The first-order valence-electron chi connectivity index (χ1n) is 6.71. The van der Waals surface area contributed by atoms with Gasteiger partial charge in [-0.1, -0.05) is 0 Å². The number of hydrogen-bond acceptors (Lipinski definition) is 5. The number of nitrogens with zero attached hydrogens (tertiary/aromatic N) is 3. The molecule has 104 valence electrons. The average molecular weight is 328 g/mol. The third kappa shape index (κ3) is 3.07. The molecule has 2 unspecified atom stereocenters. The van der Waals surface area contributed by atoms with Gasteiger partial charge in [-0.3, -0.25) is 0 Å². The Hall–Kier alpha value is -0.720. The molecule has 0 bridgehead atoms. The largest absolute Gasteiger partial charge is 0.394 e. The lowest BCUT2D eigenvalue weighted by Crippen LogP contribution is -2.48. The van der Waals surface area contributed by atoms with Crippen LogP contribution in [0.3, 0.4) is 0 Å². The number of hydrogen-bond donors (Lipinski definition) is 1. The van der Waals surface area contributed by atoms with Gasteiger partial charge in [-0.05, 0) is 35.7 Å². The average Bonchev–Trinajstić information content (AvgIpc) is 3.21. The van der Waals surface area contributed by atoms with Gasteiger partial charge in [-0.15, -0.1) is 0 Å². The van der Waals surface area contributed by atoms with Gasteiger partial charge in [0, 0.05) is 25.1 Å². The second kappa shape index (κ2) is 5.34. The van der Waals surface area contributed by atoms with Crippen LogP contribution >= 0.6 is 15.9 Å². The molecule has 1 saturated carbocycles. The Labute approximate surface area is 121 Å². The second-order valence-corrected chi connectivity index (χ2v) is 6.15. The van der Waals surface area contributed by atoms with Crippen LogP contribution in [0.25, 0.3) is 0 Å². The van der Waals surface area contributed by atoms with Gasteiger partial charge in [0.1, 0.15) is 16.2 Å². The maximum absolute atomic E-state index is 9.29. The van der Waals surface area contributed by atoms with Gasteiger partial charge in [0.25, 0.3) is 0 Å². The minimum atomic E-state index is -0.137. The molecule has 6 heteroatoms. The molecule has 1 aromatic heterocycles. The molecule has 0 amide bonds. The summed E-state index contributed by atoms with van der Waals surface area (Å²) in [5, 5.41) is 9.29. The normalized spacial score (nSPS) is 27.6. The third-order valence-corrected chi connectivity index (χ3v) is 3.90. The first kappa shape index (κ1) is 13.3. The van der Waals surface area contributed by atoms with Crippen molar-refractivity contribution in [3.63, 3.8) is 0 Å². The standard InChI is InChI=1S/C13H18BrN3O2/c1-8-5-17(6-10(7-18)19-8)12-4-11(14)15-13(16-12)9-2-3-9/h4,8-10,18H,2-3,5-7H2,1H3. The number of aromatic nitrogens is 2. The molecular formula is C13H18BrN3O2. The molecule has 0 radical (unpaired) electrons. The monoisotopic (exact) mass is 327 g/mol. The van der Waals surface area contributed by atoms with Crippen LogP contribution in [0.2, 0.25) is 0 Å². The summed E-state index contributed by atoms with van der Waals surface area (Å²) >= 11 is 3.46. The highest BCUT2D eigenvalue weighted by Crippen LogP contribution is 2.39. The molecule has 2 heterocycles. The Morgan fingerprint density at radius 2 is 2.21 bits per heavy atom. The summed E-state index contributed by atoms with van der Waals surface area (Å²) in [6.07, 6.45) is 2.34. The quantitative estimate of drug-likeness (QED) is 0.856. The third-order valence-electron chi connectivity index (χ3n) is 3.50. The van der Waals surface area contributed by atoms with E-state index in [1.54, 1.807) is 0 Å². The molecule has 1 aliphatic carbocycles. The van der Waals surface area contributed by atoms with E-state index in [1.165, 1.54) is 12.8 Å². The van der Waals surface area contributed by atoms with Crippen molar-refractivity contribution < 1.29 is 9.84 Å². The lowest BCUT2D eigenvalue weighted by molar-refractivity contribution is -0.0423. The van der Waals surface area contributed by atoms with Crippen molar-refractivity contribution in [1.82, 2.24) is 9.97 Å². The van der Waals surface area contributed by atoms with E-state index in [4.69, 9.17) is 4.74 Å². The molecule has 1 aliphatic heterocycles. The number of halogens is 1. The molecule has 3 rings (SSSR count). The molecule has 0 spiro atoms. The van der Waals surface area contributed by atoms with Gasteiger partial charge >= 0.3 is 0 Å². The van der Waals surface area contributed by atoms with Crippen molar-refractivity contribution in [2.45, 2.75) is 37.9 Å².